The van der Waals surface area contributed by atoms with Gasteiger partial charge in [0.1, 0.15) is 24.3 Å². The van der Waals surface area contributed by atoms with Crippen LogP contribution in [-0.2, 0) is 32.7 Å². The molecule has 0 saturated carbocycles. The second-order valence-corrected chi connectivity index (χ2v) is 7.87. The fraction of sp³-hybridized carbons (Fsp3) is 0.296. The summed E-state index contributed by atoms with van der Waals surface area (Å²) in [4.78, 5) is 38.4. The largest absolute Gasteiger partial charge is 0.497 e. The summed E-state index contributed by atoms with van der Waals surface area (Å²) in [7, 11) is 4.44. The van der Waals surface area contributed by atoms with Crippen LogP contribution in [0.5, 0.6) is 11.5 Å². The summed E-state index contributed by atoms with van der Waals surface area (Å²) < 4.78 is 17.0. The number of Topliss-reactive ketones (excluding diaryl/α,β-unsaturated/α-hetero) is 1. The predicted molar refractivity (Wildman–Crippen MR) is 128 cm³/mol. The van der Waals surface area contributed by atoms with Gasteiger partial charge in [-0.1, -0.05) is 31.2 Å². The summed E-state index contributed by atoms with van der Waals surface area (Å²) in [5.41, 5.74) is 1.25. The lowest BCUT2D eigenvalue weighted by Crippen LogP contribution is -2.33. The van der Waals surface area contributed by atoms with Gasteiger partial charge >= 0.3 is 5.97 Å². The Balaban J connectivity index is 2.10. The minimum Gasteiger partial charge on any atom is -0.497 e. The number of carbonyl (C=O) groups is 3. The van der Waals surface area contributed by atoms with Crippen LogP contribution in [0, 0.1) is 0 Å². The number of benzene rings is 2. The summed E-state index contributed by atoms with van der Waals surface area (Å²) in [5, 5.41) is 0. The monoisotopic (exact) mass is 463 g/mol. The Bertz CT molecular complexity index is 1100. The Morgan fingerprint density at radius 1 is 0.853 bits per heavy atom. The van der Waals surface area contributed by atoms with Gasteiger partial charge in [0.15, 0.2) is 5.78 Å². The van der Waals surface area contributed by atoms with Crippen molar-refractivity contribution in [2.75, 3.05) is 21.3 Å². The van der Waals surface area contributed by atoms with Crippen LogP contribution < -0.4 is 9.47 Å². The highest BCUT2D eigenvalue weighted by atomic mass is 16.5. The molecule has 1 heterocycles. The molecule has 178 valence electrons. The summed E-state index contributed by atoms with van der Waals surface area (Å²) in [5.74, 6) is 0.572. The van der Waals surface area contributed by atoms with Crippen LogP contribution >= 0.6 is 0 Å². The number of rotatable bonds is 11. The van der Waals surface area contributed by atoms with Gasteiger partial charge < -0.3 is 23.6 Å². The van der Waals surface area contributed by atoms with Gasteiger partial charge in [-0.15, -0.1) is 0 Å². The van der Waals surface area contributed by atoms with Crippen LogP contribution in [0.15, 0.2) is 60.7 Å². The third-order valence-corrected chi connectivity index (χ3v) is 6.08. The molecule has 0 spiro atoms. The molecule has 0 unspecified atom stereocenters. The first kappa shape index (κ1) is 24.8. The molecule has 0 aliphatic heterocycles. The van der Waals surface area contributed by atoms with Crippen molar-refractivity contribution >= 4 is 18.0 Å². The molecule has 0 N–H and O–H groups in total. The third-order valence-electron chi connectivity index (χ3n) is 6.08. The fourth-order valence-electron chi connectivity index (χ4n) is 4.11. The number of nitrogens with zero attached hydrogens (tertiary/aromatic N) is 1. The Kier molecular flexibility index (Phi) is 7.89. The van der Waals surface area contributed by atoms with Crippen LogP contribution in [-0.4, -0.2) is 43.9 Å². The second-order valence-electron chi connectivity index (χ2n) is 7.87. The van der Waals surface area contributed by atoms with E-state index in [1.165, 1.54) is 7.11 Å². The minimum atomic E-state index is -1.25. The van der Waals surface area contributed by atoms with Crippen LogP contribution in [0.2, 0.25) is 0 Å². The van der Waals surface area contributed by atoms with E-state index < -0.39 is 11.4 Å². The van der Waals surface area contributed by atoms with Crippen LogP contribution in [0.3, 0.4) is 0 Å². The number of methoxy groups -OCH3 is 3. The van der Waals surface area contributed by atoms with E-state index in [2.05, 4.69) is 0 Å². The topological polar surface area (TPSA) is 83.8 Å². The predicted octanol–water partition coefficient (Wildman–Crippen LogP) is 4.00. The average molecular weight is 464 g/mol. The molecule has 0 amide bonds. The number of esters is 1. The van der Waals surface area contributed by atoms with Crippen molar-refractivity contribution in [3.05, 3.63) is 83.2 Å². The molecule has 0 aliphatic rings. The lowest BCUT2D eigenvalue weighted by Gasteiger charge is -2.29. The molecule has 0 aliphatic carbocycles. The highest BCUT2D eigenvalue weighted by Crippen LogP contribution is 2.37. The number of carbonyl (C=O) groups excluding carboxylic acids is 3. The first-order valence-electron chi connectivity index (χ1n) is 11.0. The van der Waals surface area contributed by atoms with Gasteiger partial charge in [0.2, 0.25) is 0 Å². The van der Waals surface area contributed by atoms with E-state index in [4.69, 9.17) is 14.2 Å². The van der Waals surface area contributed by atoms with Crippen molar-refractivity contribution in [3.8, 4) is 11.5 Å². The number of aromatic nitrogens is 1. The Labute approximate surface area is 199 Å². The number of hydrogen-bond acceptors (Lipinski definition) is 6. The summed E-state index contributed by atoms with van der Waals surface area (Å²) in [6.07, 6.45) is 1.33. The van der Waals surface area contributed by atoms with Crippen molar-refractivity contribution in [2.45, 2.75) is 31.7 Å². The second kappa shape index (κ2) is 10.8. The lowest BCUT2D eigenvalue weighted by molar-refractivity contribution is -0.141. The van der Waals surface area contributed by atoms with E-state index in [9.17, 15) is 14.4 Å². The van der Waals surface area contributed by atoms with Gasteiger partial charge in [-0.05, 0) is 53.9 Å². The number of aryl methyl sites for hydroxylation is 1. The molecule has 0 fully saturated rings. The molecular weight excluding hydrogens is 434 g/mol. The van der Waals surface area contributed by atoms with Crippen LogP contribution in [0.25, 0.3) is 0 Å². The highest BCUT2D eigenvalue weighted by Gasteiger charge is 2.38. The van der Waals surface area contributed by atoms with Gasteiger partial charge in [0.25, 0.3) is 0 Å². The summed E-state index contributed by atoms with van der Waals surface area (Å²) in [6, 6.07) is 17.7. The van der Waals surface area contributed by atoms with Crippen LogP contribution in [0.4, 0.5) is 0 Å². The maximum Gasteiger partial charge on any atom is 0.325 e. The fourth-order valence-corrected chi connectivity index (χ4v) is 4.11. The quantitative estimate of drug-likeness (QED) is 0.243. The number of hydrogen-bond donors (Lipinski definition) is 0. The normalized spacial score (nSPS) is 11.1. The summed E-state index contributed by atoms with van der Waals surface area (Å²) in [6.45, 7) is 1.87. The Hall–Kier alpha value is -3.87. The van der Waals surface area contributed by atoms with Gasteiger partial charge in [-0.25, -0.2) is 0 Å². The standard InChI is InChI=1S/C27H29NO6/c1-5-21-10-15-24(28(21)17-26(31)34-4)25(30)16-27(18-29,19-6-11-22(32-2)12-7-19)20-8-13-23(33-3)14-9-20/h6-15,18H,5,16-17H2,1-4H3. The summed E-state index contributed by atoms with van der Waals surface area (Å²) >= 11 is 0. The zero-order valence-electron chi connectivity index (χ0n) is 19.9. The molecule has 3 aromatic rings. The minimum absolute atomic E-state index is 0.0765. The van der Waals surface area contributed by atoms with Gasteiger partial charge in [0.05, 0.1) is 32.4 Å². The average Bonchev–Trinajstić information content (AvgIpc) is 3.29. The first-order valence-corrected chi connectivity index (χ1v) is 11.0. The zero-order chi connectivity index (χ0) is 24.7. The molecule has 0 atom stereocenters. The van der Waals surface area contributed by atoms with Crippen molar-refractivity contribution < 1.29 is 28.6 Å². The zero-order valence-corrected chi connectivity index (χ0v) is 19.9. The molecule has 0 bridgehead atoms. The SMILES string of the molecule is CCc1ccc(C(=O)CC(C=O)(c2ccc(OC)cc2)c2ccc(OC)cc2)n1CC(=O)OC. The van der Waals surface area contributed by atoms with Gasteiger partial charge in [0, 0.05) is 12.1 Å². The highest BCUT2D eigenvalue weighted by molar-refractivity contribution is 5.99. The Morgan fingerprint density at radius 3 is 1.79 bits per heavy atom. The van der Waals surface area contributed by atoms with E-state index in [1.54, 1.807) is 73.4 Å². The molecule has 7 heteroatoms. The lowest BCUT2D eigenvalue weighted by atomic mass is 9.72. The molecule has 0 radical (unpaired) electrons. The van der Waals surface area contributed by atoms with E-state index in [0.29, 0.717) is 34.7 Å². The molecule has 34 heavy (non-hydrogen) atoms. The van der Waals surface area contributed by atoms with Gasteiger partial charge in [-0.3, -0.25) is 9.59 Å². The van der Waals surface area contributed by atoms with E-state index in [-0.39, 0.29) is 18.7 Å². The molecule has 7 nitrogen and oxygen atoms in total. The molecule has 3 rings (SSSR count). The number of ketones is 1. The molecular formula is C27H29NO6. The third kappa shape index (κ3) is 4.88. The van der Waals surface area contributed by atoms with Crippen molar-refractivity contribution in [3.63, 3.8) is 0 Å². The first-order chi connectivity index (χ1) is 16.4. The maximum absolute atomic E-state index is 13.7. The van der Waals surface area contributed by atoms with Crippen molar-refractivity contribution in [1.82, 2.24) is 4.57 Å². The number of aldehydes is 1. The van der Waals surface area contributed by atoms with E-state index in [1.807, 2.05) is 13.0 Å². The molecule has 0 saturated heterocycles. The van der Waals surface area contributed by atoms with E-state index in [0.717, 1.165) is 12.0 Å². The van der Waals surface area contributed by atoms with Crippen LogP contribution in [0.1, 0.15) is 40.7 Å². The van der Waals surface area contributed by atoms with E-state index >= 15 is 0 Å². The maximum atomic E-state index is 13.7. The van der Waals surface area contributed by atoms with Gasteiger partial charge in [-0.2, -0.15) is 0 Å². The Morgan fingerprint density at radius 2 is 1.38 bits per heavy atom. The van der Waals surface area contributed by atoms with Crippen molar-refractivity contribution in [1.29, 1.82) is 0 Å². The molecule has 1 aromatic heterocycles. The molecule has 2 aromatic carbocycles. The van der Waals surface area contributed by atoms with Crippen molar-refractivity contribution in [2.24, 2.45) is 0 Å². The number of ether oxygens (including phenoxy) is 3. The smallest absolute Gasteiger partial charge is 0.325 e.